The normalized spacial score (nSPS) is 26.0. The quantitative estimate of drug-likeness (QED) is 0.582. The molecule has 2 saturated heterocycles. The van der Waals surface area contributed by atoms with Gasteiger partial charge in [-0.3, -0.25) is 0 Å². The van der Waals surface area contributed by atoms with E-state index in [0.29, 0.717) is 19.6 Å². The topological polar surface area (TPSA) is 108 Å². The number of carbonyl (C=O) groups excluding carboxylic acids is 3. The summed E-state index contributed by atoms with van der Waals surface area (Å²) in [4.78, 5) is 31.0. The highest BCUT2D eigenvalue weighted by molar-refractivity contribution is 5.80. The number of aliphatic hydroxyl groups is 1. The smallest absolute Gasteiger partial charge is 0.340 e. The van der Waals surface area contributed by atoms with Crippen molar-refractivity contribution < 1.29 is 38.4 Å². The molecule has 0 spiro atoms. The second kappa shape index (κ2) is 13.7. The largest absolute Gasteiger partial charge is 0.467 e. The predicted molar refractivity (Wildman–Crippen MR) is 93.6 cm³/mol. The van der Waals surface area contributed by atoms with Gasteiger partial charge in [0.2, 0.25) is 0 Å². The molecule has 8 heteroatoms. The molecule has 2 aliphatic rings. The average molecular weight is 376 g/mol. The highest BCUT2D eigenvalue weighted by atomic mass is 16.6. The lowest BCUT2D eigenvalue weighted by Crippen LogP contribution is -2.53. The van der Waals surface area contributed by atoms with Gasteiger partial charge in [0.05, 0.1) is 20.3 Å². The summed E-state index contributed by atoms with van der Waals surface area (Å²) in [6.07, 6.45) is 4.95. The number of hydrogen-bond acceptors (Lipinski definition) is 8. The summed E-state index contributed by atoms with van der Waals surface area (Å²) in [5.41, 5.74) is -1.12. The first-order valence-electron chi connectivity index (χ1n) is 8.89. The van der Waals surface area contributed by atoms with Gasteiger partial charge >= 0.3 is 11.9 Å². The van der Waals surface area contributed by atoms with E-state index in [-0.39, 0.29) is 12.1 Å². The zero-order valence-corrected chi connectivity index (χ0v) is 16.2. The lowest BCUT2D eigenvalue weighted by atomic mass is 9.89. The summed E-state index contributed by atoms with van der Waals surface area (Å²) < 4.78 is 19.7. The van der Waals surface area contributed by atoms with Gasteiger partial charge in [0.1, 0.15) is 6.29 Å². The molecule has 0 aromatic carbocycles. The molecule has 2 rings (SSSR count). The maximum atomic E-state index is 11.4. The van der Waals surface area contributed by atoms with Crippen LogP contribution in [0.4, 0.5) is 0 Å². The Balaban J connectivity index is 0.000000428. The molecule has 1 N–H and O–H groups in total. The molecule has 0 amide bonds. The van der Waals surface area contributed by atoms with Crippen molar-refractivity contribution in [2.45, 2.75) is 70.2 Å². The summed E-state index contributed by atoms with van der Waals surface area (Å²) in [5, 5.41) is 9.50. The first-order chi connectivity index (χ1) is 12.4. The molecule has 0 bridgehead atoms. The van der Waals surface area contributed by atoms with Crippen molar-refractivity contribution in [3.63, 3.8) is 0 Å². The number of aliphatic hydroxyl groups excluding tert-OH is 1. The number of rotatable bonds is 3. The van der Waals surface area contributed by atoms with E-state index in [1.165, 1.54) is 21.1 Å². The summed E-state index contributed by atoms with van der Waals surface area (Å²) in [7, 11) is 2.70. The zero-order valence-electron chi connectivity index (χ0n) is 16.2. The second-order valence-electron chi connectivity index (χ2n) is 5.98. The third-order valence-corrected chi connectivity index (χ3v) is 4.15. The van der Waals surface area contributed by atoms with E-state index in [0.717, 1.165) is 38.4 Å². The maximum absolute atomic E-state index is 11.4. The SMILES string of the molecule is CC=O.COC(=O)C1(C(C)O)CCCCO1.COC(=O)C1CCCCO1. The Kier molecular flexibility index (Phi) is 12.9. The van der Waals surface area contributed by atoms with Crippen molar-refractivity contribution in [1.82, 2.24) is 0 Å². The van der Waals surface area contributed by atoms with Gasteiger partial charge in [-0.1, -0.05) is 0 Å². The van der Waals surface area contributed by atoms with E-state index in [9.17, 15) is 14.7 Å². The van der Waals surface area contributed by atoms with Crippen molar-refractivity contribution in [3.8, 4) is 0 Å². The van der Waals surface area contributed by atoms with Gasteiger partial charge in [-0.15, -0.1) is 0 Å². The number of methoxy groups -OCH3 is 2. The first-order valence-corrected chi connectivity index (χ1v) is 8.89. The van der Waals surface area contributed by atoms with Gasteiger partial charge in [0.15, 0.2) is 11.7 Å². The van der Waals surface area contributed by atoms with E-state index in [2.05, 4.69) is 9.47 Å². The molecule has 3 atom stereocenters. The summed E-state index contributed by atoms with van der Waals surface area (Å²) in [5.74, 6) is -0.707. The number of hydrogen-bond donors (Lipinski definition) is 1. The van der Waals surface area contributed by atoms with E-state index in [1.807, 2.05) is 0 Å². The van der Waals surface area contributed by atoms with Crippen molar-refractivity contribution in [2.24, 2.45) is 0 Å². The van der Waals surface area contributed by atoms with Crippen molar-refractivity contribution in [1.29, 1.82) is 0 Å². The Labute approximate surface area is 155 Å². The lowest BCUT2D eigenvalue weighted by Gasteiger charge is -2.36. The second-order valence-corrected chi connectivity index (χ2v) is 5.98. The summed E-state index contributed by atoms with van der Waals surface area (Å²) in [6.45, 7) is 4.21. The van der Waals surface area contributed by atoms with Crippen LogP contribution in [0, 0.1) is 0 Å². The van der Waals surface area contributed by atoms with Crippen LogP contribution in [-0.2, 0) is 33.3 Å². The van der Waals surface area contributed by atoms with Crippen LogP contribution >= 0.6 is 0 Å². The van der Waals surface area contributed by atoms with Gasteiger partial charge in [-0.25, -0.2) is 9.59 Å². The molecular formula is C18H32O8. The number of ether oxygens (including phenoxy) is 4. The Bertz CT molecular complexity index is 409. The predicted octanol–water partition coefficient (Wildman–Crippen LogP) is 1.41. The third-order valence-electron chi connectivity index (χ3n) is 4.15. The number of esters is 2. The van der Waals surface area contributed by atoms with Crippen LogP contribution in [0.3, 0.4) is 0 Å². The molecule has 26 heavy (non-hydrogen) atoms. The summed E-state index contributed by atoms with van der Waals surface area (Å²) in [6, 6.07) is 0. The van der Waals surface area contributed by atoms with E-state index in [4.69, 9.17) is 14.3 Å². The Morgan fingerprint density at radius 2 is 1.77 bits per heavy atom. The molecule has 152 valence electrons. The number of aldehydes is 1. The van der Waals surface area contributed by atoms with Crippen molar-refractivity contribution in [3.05, 3.63) is 0 Å². The van der Waals surface area contributed by atoms with Gasteiger partial charge in [-0.05, 0) is 52.4 Å². The minimum atomic E-state index is -1.12. The minimum Gasteiger partial charge on any atom is -0.467 e. The Morgan fingerprint density at radius 3 is 2.15 bits per heavy atom. The van der Waals surface area contributed by atoms with Crippen LogP contribution in [-0.4, -0.2) is 68.6 Å². The molecule has 2 heterocycles. The fraction of sp³-hybridized carbons (Fsp3) is 0.833. The van der Waals surface area contributed by atoms with Crippen LogP contribution in [0.15, 0.2) is 0 Å². The van der Waals surface area contributed by atoms with Gasteiger partial charge in [0, 0.05) is 13.2 Å². The van der Waals surface area contributed by atoms with Crippen LogP contribution in [0.5, 0.6) is 0 Å². The minimum absolute atomic E-state index is 0.236. The molecule has 0 saturated carbocycles. The van der Waals surface area contributed by atoms with E-state index >= 15 is 0 Å². The van der Waals surface area contributed by atoms with Crippen molar-refractivity contribution >= 4 is 18.2 Å². The zero-order chi connectivity index (χ0) is 20.0. The molecular weight excluding hydrogens is 344 g/mol. The van der Waals surface area contributed by atoms with Crippen LogP contribution in [0.25, 0.3) is 0 Å². The monoisotopic (exact) mass is 376 g/mol. The Hall–Kier alpha value is -1.51. The summed E-state index contributed by atoms with van der Waals surface area (Å²) >= 11 is 0. The standard InChI is InChI=1S/C9H16O4.C7H12O3.C2H4O/c1-7(10)9(8(11)12-2)5-3-4-6-13-9;1-9-7(8)6-4-2-3-5-10-6;1-2-3/h7,10H,3-6H2,1-2H3;6H,2-5H2,1H3;2H,1H3. The molecule has 0 aliphatic carbocycles. The highest BCUT2D eigenvalue weighted by Crippen LogP contribution is 2.29. The highest BCUT2D eigenvalue weighted by Gasteiger charge is 2.46. The Morgan fingerprint density at radius 1 is 1.15 bits per heavy atom. The fourth-order valence-electron chi connectivity index (χ4n) is 2.71. The molecule has 8 nitrogen and oxygen atoms in total. The van der Waals surface area contributed by atoms with Crippen LogP contribution < -0.4 is 0 Å². The first kappa shape index (κ1) is 24.5. The third kappa shape index (κ3) is 7.80. The van der Waals surface area contributed by atoms with Gasteiger partial charge in [0.25, 0.3) is 0 Å². The molecule has 2 fully saturated rings. The fourth-order valence-corrected chi connectivity index (χ4v) is 2.71. The van der Waals surface area contributed by atoms with Gasteiger partial charge in [-0.2, -0.15) is 0 Å². The molecule has 0 radical (unpaired) electrons. The molecule has 3 unspecified atom stereocenters. The molecule has 2 aliphatic heterocycles. The van der Waals surface area contributed by atoms with Crippen molar-refractivity contribution in [2.75, 3.05) is 27.4 Å². The number of carbonyl (C=O) groups is 3. The average Bonchev–Trinajstić information content (AvgIpc) is 2.68. The van der Waals surface area contributed by atoms with E-state index in [1.54, 1.807) is 6.92 Å². The van der Waals surface area contributed by atoms with E-state index < -0.39 is 17.7 Å². The molecule has 0 aromatic rings. The van der Waals surface area contributed by atoms with Crippen LogP contribution in [0.2, 0.25) is 0 Å². The molecule has 0 aromatic heterocycles. The van der Waals surface area contributed by atoms with Crippen LogP contribution in [0.1, 0.15) is 52.4 Å². The maximum Gasteiger partial charge on any atom is 0.340 e. The lowest BCUT2D eigenvalue weighted by molar-refractivity contribution is -0.193. The van der Waals surface area contributed by atoms with Gasteiger partial charge < -0.3 is 28.8 Å².